The fourth-order valence-corrected chi connectivity index (χ4v) is 1.79. The van der Waals surface area contributed by atoms with Crippen molar-refractivity contribution < 1.29 is 13.2 Å². The number of rotatable bonds is 4. The van der Waals surface area contributed by atoms with E-state index in [0.29, 0.717) is 0 Å². The van der Waals surface area contributed by atoms with Crippen molar-refractivity contribution in [3.63, 3.8) is 0 Å². The molecule has 0 fully saturated rings. The molecule has 0 aliphatic carbocycles. The van der Waals surface area contributed by atoms with Crippen LogP contribution in [0.5, 0.6) is 0 Å². The first kappa shape index (κ1) is 14.8. The Balaban J connectivity index is 3.19. The van der Waals surface area contributed by atoms with Crippen LogP contribution in [0.3, 0.4) is 0 Å². The summed E-state index contributed by atoms with van der Waals surface area (Å²) in [6.45, 7) is 3.79. The van der Waals surface area contributed by atoms with E-state index in [4.69, 9.17) is 0 Å². The SMILES string of the molecule is CNC(Cn1c(C(F)(F)F)cccc1=O)C(C)C. The van der Waals surface area contributed by atoms with E-state index in [1.54, 1.807) is 7.05 Å². The second kappa shape index (κ2) is 5.56. The van der Waals surface area contributed by atoms with Crippen molar-refractivity contribution in [2.24, 2.45) is 5.92 Å². The van der Waals surface area contributed by atoms with E-state index >= 15 is 0 Å². The Morgan fingerprint density at radius 2 is 1.94 bits per heavy atom. The molecule has 0 saturated heterocycles. The summed E-state index contributed by atoms with van der Waals surface area (Å²) in [5.74, 6) is 0.128. The first-order chi connectivity index (χ1) is 8.27. The van der Waals surface area contributed by atoms with Crippen LogP contribution >= 0.6 is 0 Å². The van der Waals surface area contributed by atoms with E-state index < -0.39 is 17.4 Å². The summed E-state index contributed by atoms with van der Waals surface area (Å²) in [7, 11) is 1.67. The van der Waals surface area contributed by atoms with Gasteiger partial charge in [-0.3, -0.25) is 4.79 Å². The Labute approximate surface area is 104 Å². The Morgan fingerprint density at radius 3 is 2.39 bits per heavy atom. The molecule has 0 amide bonds. The summed E-state index contributed by atoms with van der Waals surface area (Å²) in [6, 6.07) is 3.01. The van der Waals surface area contributed by atoms with Gasteiger partial charge in [0, 0.05) is 18.7 Å². The molecular weight excluding hydrogens is 245 g/mol. The molecule has 18 heavy (non-hydrogen) atoms. The predicted molar refractivity (Wildman–Crippen MR) is 63.4 cm³/mol. The van der Waals surface area contributed by atoms with Crippen LogP contribution < -0.4 is 10.9 Å². The number of hydrogen-bond donors (Lipinski definition) is 1. The fourth-order valence-electron chi connectivity index (χ4n) is 1.79. The van der Waals surface area contributed by atoms with Gasteiger partial charge in [-0.2, -0.15) is 13.2 Å². The van der Waals surface area contributed by atoms with Crippen molar-refractivity contribution in [3.8, 4) is 0 Å². The normalized spacial score (nSPS) is 13.9. The molecule has 102 valence electrons. The van der Waals surface area contributed by atoms with Gasteiger partial charge in [-0.25, -0.2) is 0 Å². The number of likely N-dealkylation sites (N-methyl/N-ethyl adjacent to an activating group) is 1. The van der Waals surface area contributed by atoms with Gasteiger partial charge in [0.1, 0.15) is 5.69 Å². The van der Waals surface area contributed by atoms with Crippen LogP contribution in [0.25, 0.3) is 0 Å². The maximum absolute atomic E-state index is 12.8. The molecule has 0 saturated carbocycles. The van der Waals surface area contributed by atoms with E-state index in [1.807, 2.05) is 13.8 Å². The maximum atomic E-state index is 12.8. The minimum Gasteiger partial charge on any atom is -0.315 e. The summed E-state index contributed by atoms with van der Waals surface area (Å²) >= 11 is 0. The third-order valence-electron chi connectivity index (χ3n) is 2.89. The summed E-state index contributed by atoms with van der Waals surface area (Å²) in [6.07, 6.45) is -4.52. The number of aromatic nitrogens is 1. The van der Waals surface area contributed by atoms with E-state index in [9.17, 15) is 18.0 Å². The lowest BCUT2D eigenvalue weighted by Gasteiger charge is -2.23. The van der Waals surface area contributed by atoms with Crippen LogP contribution in [0.15, 0.2) is 23.0 Å². The average molecular weight is 262 g/mol. The van der Waals surface area contributed by atoms with E-state index in [1.165, 1.54) is 0 Å². The molecule has 1 heterocycles. The van der Waals surface area contributed by atoms with Gasteiger partial charge in [-0.15, -0.1) is 0 Å². The lowest BCUT2D eigenvalue weighted by Crippen LogP contribution is -2.40. The highest BCUT2D eigenvalue weighted by Gasteiger charge is 2.34. The largest absolute Gasteiger partial charge is 0.431 e. The molecule has 0 aliphatic heterocycles. The van der Waals surface area contributed by atoms with Gasteiger partial charge >= 0.3 is 6.18 Å². The Bertz CT molecular complexity index is 451. The van der Waals surface area contributed by atoms with Gasteiger partial charge in [-0.1, -0.05) is 19.9 Å². The monoisotopic (exact) mass is 262 g/mol. The van der Waals surface area contributed by atoms with Crippen molar-refractivity contribution in [3.05, 3.63) is 34.2 Å². The molecular formula is C12H17F3N2O. The zero-order chi connectivity index (χ0) is 13.9. The van der Waals surface area contributed by atoms with E-state index in [0.717, 1.165) is 22.8 Å². The molecule has 1 aromatic heterocycles. The lowest BCUT2D eigenvalue weighted by molar-refractivity contribution is -0.144. The Hall–Kier alpha value is -1.30. The maximum Gasteiger partial charge on any atom is 0.431 e. The average Bonchev–Trinajstić information content (AvgIpc) is 2.25. The fraction of sp³-hybridized carbons (Fsp3) is 0.583. The van der Waals surface area contributed by atoms with Crippen LogP contribution in [0, 0.1) is 5.92 Å². The molecule has 0 bridgehead atoms. The first-order valence-corrected chi connectivity index (χ1v) is 5.71. The van der Waals surface area contributed by atoms with Crippen LogP contribution in [-0.2, 0) is 12.7 Å². The lowest BCUT2D eigenvalue weighted by atomic mass is 10.0. The highest BCUT2D eigenvalue weighted by atomic mass is 19.4. The molecule has 1 unspecified atom stereocenters. The smallest absolute Gasteiger partial charge is 0.315 e. The molecule has 0 spiro atoms. The molecule has 1 rings (SSSR count). The van der Waals surface area contributed by atoms with Crippen LogP contribution in [0.1, 0.15) is 19.5 Å². The third kappa shape index (κ3) is 3.35. The molecule has 0 aromatic carbocycles. The van der Waals surface area contributed by atoms with Crippen molar-refractivity contribution in [1.82, 2.24) is 9.88 Å². The van der Waals surface area contributed by atoms with Gasteiger partial charge in [0.05, 0.1) is 0 Å². The highest BCUT2D eigenvalue weighted by Crippen LogP contribution is 2.28. The first-order valence-electron chi connectivity index (χ1n) is 5.71. The minimum atomic E-state index is -4.52. The van der Waals surface area contributed by atoms with Crippen molar-refractivity contribution in [1.29, 1.82) is 0 Å². The minimum absolute atomic E-state index is 0.00266. The zero-order valence-electron chi connectivity index (χ0n) is 10.6. The summed E-state index contributed by atoms with van der Waals surface area (Å²) in [5.41, 5.74) is -1.54. The molecule has 0 radical (unpaired) electrons. The van der Waals surface area contributed by atoms with Crippen molar-refractivity contribution in [2.75, 3.05) is 7.05 Å². The molecule has 3 nitrogen and oxygen atoms in total. The summed E-state index contributed by atoms with van der Waals surface area (Å²) in [5, 5.41) is 2.93. The quantitative estimate of drug-likeness (QED) is 0.901. The summed E-state index contributed by atoms with van der Waals surface area (Å²) in [4.78, 5) is 11.6. The molecule has 1 N–H and O–H groups in total. The van der Waals surface area contributed by atoms with Crippen LogP contribution in [-0.4, -0.2) is 17.7 Å². The Kier molecular flexibility index (Phi) is 4.56. The molecule has 1 aromatic rings. The molecule has 0 aliphatic rings. The number of alkyl halides is 3. The number of pyridine rings is 1. The van der Waals surface area contributed by atoms with Crippen LogP contribution in [0.4, 0.5) is 13.2 Å². The zero-order valence-corrected chi connectivity index (χ0v) is 10.6. The second-order valence-corrected chi connectivity index (χ2v) is 4.50. The van der Waals surface area contributed by atoms with Gasteiger partial charge in [0.2, 0.25) is 0 Å². The number of nitrogens with one attached hydrogen (secondary N) is 1. The number of hydrogen-bond acceptors (Lipinski definition) is 2. The number of nitrogens with zero attached hydrogens (tertiary/aromatic N) is 1. The van der Waals surface area contributed by atoms with E-state index in [2.05, 4.69) is 5.32 Å². The van der Waals surface area contributed by atoms with Crippen molar-refractivity contribution >= 4 is 0 Å². The Morgan fingerprint density at radius 1 is 1.33 bits per heavy atom. The standard InChI is InChI=1S/C12H17F3N2O/c1-8(2)9(16-3)7-17-10(12(13,14)15)5-4-6-11(17)18/h4-6,8-9,16H,7H2,1-3H3. The van der Waals surface area contributed by atoms with Crippen LogP contribution in [0.2, 0.25) is 0 Å². The van der Waals surface area contributed by atoms with Gasteiger partial charge < -0.3 is 9.88 Å². The van der Waals surface area contributed by atoms with Gasteiger partial charge in [-0.05, 0) is 19.0 Å². The van der Waals surface area contributed by atoms with E-state index in [-0.39, 0.29) is 18.5 Å². The molecule has 1 atom stereocenters. The molecule has 6 heteroatoms. The van der Waals surface area contributed by atoms with Gasteiger partial charge in [0.25, 0.3) is 5.56 Å². The highest BCUT2D eigenvalue weighted by molar-refractivity contribution is 5.10. The third-order valence-corrected chi connectivity index (χ3v) is 2.89. The predicted octanol–water partition coefficient (Wildman–Crippen LogP) is 2.11. The number of halogens is 3. The topological polar surface area (TPSA) is 34.0 Å². The van der Waals surface area contributed by atoms with Crippen molar-refractivity contribution in [2.45, 2.75) is 32.6 Å². The second-order valence-electron chi connectivity index (χ2n) is 4.50. The summed E-state index contributed by atoms with van der Waals surface area (Å²) < 4.78 is 39.2. The van der Waals surface area contributed by atoms with Gasteiger partial charge in [0.15, 0.2) is 0 Å².